The molecule has 3 aliphatic rings. The molecule has 2 aromatic rings. The summed E-state index contributed by atoms with van der Waals surface area (Å²) in [5.74, 6) is 1.17. The number of rotatable bonds is 3. The first-order valence-corrected chi connectivity index (χ1v) is 12.5. The van der Waals surface area contributed by atoms with Crippen LogP contribution in [0.3, 0.4) is 0 Å². The van der Waals surface area contributed by atoms with Gasteiger partial charge in [0.25, 0.3) is 5.91 Å². The van der Waals surface area contributed by atoms with Crippen molar-refractivity contribution in [2.75, 3.05) is 44.2 Å². The Hall–Kier alpha value is -2.28. The zero-order valence-corrected chi connectivity index (χ0v) is 19.6. The van der Waals surface area contributed by atoms with E-state index in [1.807, 2.05) is 11.8 Å². The van der Waals surface area contributed by atoms with Crippen LogP contribution in [0.4, 0.5) is 5.82 Å². The van der Waals surface area contributed by atoms with Crippen LogP contribution >= 0.6 is 0 Å². The number of anilines is 1. The molecule has 0 radical (unpaired) electrons. The van der Waals surface area contributed by atoms with Crippen molar-refractivity contribution >= 4 is 22.8 Å². The zero-order valence-electron chi connectivity index (χ0n) is 19.6. The summed E-state index contributed by atoms with van der Waals surface area (Å²) >= 11 is 0. The molecule has 3 fully saturated rings. The van der Waals surface area contributed by atoms with Gasteiger partial charge in [-0.15, -0.1) is 0 Å². The first kappa shape index (κ1) is 21.6. The van der Waals surface area contributed by atoms with E-state index in [0.29, 0.717) is 17.5 Å². The van der Waals surface area contributed by atoms with Crippen molar-refractivity contribution in [2.45, 2.75) is 71.3 Å². The molecule has 0 spiro atoms. The highest BCUT2D eigenvalue weighted by molar-refractivity contribution is 5.97. The number of likely N-dealkylation sites (tertiary alicyclic amines) is 2. The van der Waals surface area contributed by atoms with E-state index in [1.54, 1.807) is 0 Å². The van der Waals surface area contributed by atoms with Gasteiger partial charge in [0, 0.05) is 37.9 Å². The van der Waals surface area contributed by atoms with Gasteiger partial charge in [-0.2, -0.15) is 0 Å². The Morgan fingerprint density at radius 2 is 1.50 bits per heavy atom. The minimum absolute atomic E-state index is 0.0387. The van der Waals surface area contributed by atoms with Crippen LogP contribution in [0, 0.1) is 13.8 Å². The van der Waals surface area contributed by atoms with Gasteiger partial charge in [-0.25, -0.2) is 15.0 Å². The average Bonchev–Trinajstić information content (AvgIpc) is 2.84. The van der Waals surface area contributed by atoms with Crippen LogP contribution in [-0.4, -0.2) is 76.0 Å². The number of amides is 1. The number of piperidine rings is 3. The second-order valence-electron chi connectivity index (χ2n) is 9.82. The fourth-order valence-electron chi connectivity index (χ4n) is 5.75. The summed E-state index contributed by atoms with van der Waals surface area (Å²) in [5, 5.41) is 0.998. The molecule has 1 amide bonds. The van der Waals surface area contributed by atoms with Gasteiger partial charge >= 0.3 is 0 Å². The van der Waals surface area contributed by atoms with Crippen LogP contribution in [-0.2, 0) is 0 Å². The minimum Gasteiger partial charge on any atom is -0.356 e. The summed E-state index contributed by atoms with van der Waals surface area (Å²) in [6.07, 6.45) is 9.68. The fourth-order valence-corrected chi connectivity index (χ4v) is 5.75. The van der Waals surface area contributed by atoms with Gasteiger partial charge in [-0.05, 0) is 83.5 Å². The van der Waals surface area contributed by atoms with Crippen LogP contribution in [0.2, 0.25) is 0 Å². The molecule has 5 heterocycles. The quantitative estimate of drug-likeness (QED) is 0.731. The minimum atomic E-state index is -0.0387. The summed E-state index contributed by atoms with van der Waals surface area (Å²) < 4.78 is 0. The fraction of sp³-hybridized carbons (Fsp3) is 0.680. The lowest BCUT2D eigenvalue weighted by Gasteiger charge is -2.40. The Morgan fingerprint density at radius 1 is 0.844 bits per heavy atom. The van der Waals surface area contributed by atoms with E-state index in [9.17, 15) is 4.79 Å². The number of carbonyl (C=O) groups excluding carboxylic acids is 1. The third-order valence-corrected chi connectivity index (χ3v) is 7.48. The van der Waals surface area contributed by atoms with Crippen molar-refractivity contribution in [1.82, 2.24) is 24.8 Å². The van der Waals surface area contributed by atoms with E-state index < -0.39 is 0 Å². The number of carbonyl (C=O) groups is 1. The van der Waals surface area contributed by atoms with E-state index in [0.717, 1.165) is 74.3 Å². The second-order valence-corrected chi connectivity index (χ2v) is 9.82. The topological polar surface area (TPSA) is 65.5 Å². The van der Waals surface area contributed by atoms with E-state index in [1.165, 1.54) is 38.8 Å². The van der Waals surface area contributed by atoms with Crippen molar-refractivity contribution in [3.05, 3.63) is 23.1 Å². The zero-order chi connectivity index (χ0) is 22.1. The molecule has 3 aliphatic heterocycles. The molecule has 7 nitrogen and oxygen atoms in total. The average molecular weight is 437 g/mol. The lowest BCUT2D eigenvalue weighted by Crippen LogP contribution is -2.48. The van der Waals surface area contributed by atoms with Gasteiger partial charge in [0.1, 0.15) is 5.82 Å². The Bertz CT molecular complexity index is 972. The van der Waals surface area contributed by atoms with Gasteiger partial charge in [0.05, 0.1) is 5.39 Å². The highest BCUT2D eigenvalue weighted by atomic mass is 16.2. The highest BCUT2D eigenvalue weighted by Crippen LogP contribution is 2.29. The molecule has 0 aromatic carbocycles. The van der Waals surface area contributed by atoms with Gasteiger partial charge in [-0.1, -0.05) is 6.42 Å². The molecule has 0 unspecified atom stereocenters. The van der Waals surface area contributed by atoms with Gasteiger partial charge in [0.2, 0.25) is 5.82 Å². The van der Waals surface area contributed by atoms with Gasteiger partial charge < -0.3 is 14.7 Å². The van der Waals surface area contributed by atoms with Crippen LogP contribution in [0.15, 0.2) is 6.07 Å². The standard InChI is InChI=1S/C25H36N6O/c1-18-17-19(2)26-22-21(18)24(30-13-7-4-8-14-30)28-23(27-22)25(32)31-15-9-20(10-16-31)29-11-5-3-6-12-29/h17,20H,3-16H2,1-2H3. The summed E-state index contributed by atoms with van der Waals surface area (Å²) in [7, 11) is 0. The molecule has 3 saturated heterocycles. The Morgan fingerprint density at radius 3 is 2.19 bits per heavy atom. The summed E-state index contributed by atoms with van der Waals surface area (Å²) in [4.78, 5) is 34.7. The van der Waals surface area contributed by atoms with Gasteiger partial charge in [-0.3, -0.25) is 4.79 Å². The number of aromatic nitrogens is 3. The number of hydrogen-bond acceptors (Lipinski definition) is 6. The van der Waals surface area contributed by atoms with E-state index >= 15 is 0 Å². The molecule has 0 bridgehead atoms. The molecule has 5 rings (SSSR count). The third-order valence-electron chi connectivity index (χ3n) is 7.48. The van der Waals surface area contributed by atoms with Crippen LogP contribution in [0.25, 0.3) is 11.0 Å². The summed E-state index contributed by atoms with van der Waals surface area (Å²) in [5.41, 5.74) is 2.72. The first-order chi connectivity index (χ1) is 15.6. The number of hydrogen-bond donors (Lipinski definition) is 0. The normalized spacial score (nSPS) is 21.3. The number of nitrogens with zero attached hydrogens (tertiary/aromatic N) is 6. The van der Waals surface area contributed by atoms with Crippen molar-refractivity contribution < 1.29 is 4.79 Å². The Labute approximate surface area is 191 Å². The third kappa shape index (κ3) is 4.32. The summed E-state index contributed by atoms with van der Waals surface area (Å²) in [6, 6.07) is 2.71. The molecule has 32 heavy (non-hydrogen) atoms. The Kier molecular flexibility index (Phi) is 6.26. The number of pyridine rings is 1. The van der Waals surface area contributed by atoms with E-state index in [-0.39, 0.29) is 5.91 Å². The smallest absolute Gasteiger partial charge is 0.291 e. The van der Waals surface area contributed by atoms with Gasteiger partial charge in [0.15, 0.2) is 5.65 Å². The monoisotopic (exact) mass is 436 g/mol. The lowest BCUT2D eigenvalue weighted by atomic mass is 10.00. The van der Waals surface area contributed by atoms with Crippen molar-refractivity contribution in [1.29, 1.82) is 0 Å². The highest BCUT2D eigenvalue weighted by Gasteiger charge is 2.30. The van der Waals surface area contributed by atoms with Crippen molar-refractivity contribution in [2.24, 2.45) is 0 Å². The molecule has 172 valence electrons. The van der Waals surface area contributed by atoms with E-state index in [4.69, 9.17) is 9.97 Å². The van der Waals surface area contributed by atoms with Crippen molar-refractivity contribution in [3.63, 3.8) is 0 Å². The molecule has 0 atom stereocenters. The molecular weight excluding hydrogens is 400 g/mol. The maximum Gasteiger partial charge on any atom is 0.291 e. The van der Waals surface area contributed by atoms with Crippen LogP contribution in [0.1, 0.15) is 73.2 Å². The van der Waals surface area contributed by atoms with Crippen molar-refractivity contribution in [3.8, 4) is 0 Å². The Balaban J connectivity index is 1.40. The SMILES string of the molecule is Cc1cc(C)c2c(N3CCCCC3)nc(C(=O)N3CCC(N4CCCCC4)CC3)nc2n1. The molecule has 7 heteroatoms. The molecule has 2 aromatic heterocycles. The summed E-state index contributed by atoms with van der Waals surface area (Å²) in [6.45, 7) is 10.1. The first-order valence-electron chi connectivity index (χ1n) is 12.5. The maximum absolute atomic E-state index is 13.5. The number of fused-ring (bicyclic) bond motifs is 1. The molecular formula is C25H36N6O. The van der Waals surface area contributed by atoms with Crippen LogP contribution in [0.5, 0.6) is 0 Å². The van der Waals surface area contributed by atoms with Crippen LogP contribution < -0.4 is 4.90 Å². The molecule has 0 N–H and O–H groups in total. The molecule has 0 aliphatic carbocycles. The maximum atomic E-state index is 13.5. The number of aryl methyl sites for hydroxylation is 2. The molecule has 0 saturated carbocycles. The second kappa shape index (κ2) is 9.30. The predicted octanol–water partition coefficient (Wildman–Crippen LogP) is 3.72. The lowest BCUT2D eigenvalue weighted by molar-refractivity contribution is 0.0579. The van der Waals surface area contributed by atoms with E-state index in [2.05, 4.69) is 27.8 Å². The predicted molar refractivity (Wildman–Crippen MR) is 127 cm³/mol. The largest absolute Gasteiger partial charge is 0.356 e.